The van der Waals surface area contributed by atoms with Gasteiger partial charge in [-0.3, -0.25) is 0 Å². The Balaban J connectivity index is 2.46. The molecule has 0 saturated carbocycles. The zero-order valence-electron chi connectivity index (χ0n) is 7.86. The van der Waals surface area contributed by atoms with Gasteiger partial charge in [0.05, 0.1) is 6.04 Å². The maximum absolute atomic E-state index is 10.8. The van der Waals surface area contributed by atoms with Crippen molar-refractivity contribution < 1.29 is 9.90 Å². The van der Waals surface area contributed by atoms with Crippen molar-refractivity contribution in [2.24, 2.45) is 10.2 Å². The maximum atomic E-state index is 10.8. The highest BCUT2D eigenvalue weighted by atomic mass is 32.2. The number of thioether (sulfide) groups is 1. The van der Waals surface area contributed by atoms with Crippen molar-refractivity contribution in [1.82, 2.24) is 0 Å². The molecule has 0 fully saturated rings. The third-order valence-corrected chi connectivity index (χ3v) is 2.83. The van der Waals surface area contributed by atoms with Crippen LogP contribution < -0.4 is 0 Å². The van der Waals surface area contributed by atoms with E-state index in [0.29, 0.717) is 6.42 Å². The highest BCUT2D eigenvalue weighted by Gasteiger charge is 2.40. The number of rotatable bonds is 4. The van der Waals surface area contributed by atoms with Crippen molar-refractivity contribution in [3.63, 3.8) is 0 Å². The normalized spacial score (nSPS) is 32.3. The van der Waals surface area contributed by atoms with Gasteiger partial charge >= 0.3 is 5.97 Å². The van der Waals surface area contributed by atoms with Crippen molar-refractivity contribution >= 4 is 17.7 Å². The van der Waals surface area contributed by atoms with Gasteiger partial charge in [0, 0.05) is 6.42 Å². The molecule has 0 aromatic rings. The summed E-state index contributed by atoms with van der Waals surface area (Å²) in [5, 5.41) is 16.7. The van der Waals surface area contributed by atoms with Crippen LogP contribution in [0.1, 0.15) is 19.8 Å². The van der Waals surface area contributed by atoms with Crippen LogP contribution in [-0.2, 0) is 4.79 Å². The predicted octanol–water partition coefficient (Wildman–Crippen LogP) is 1.81. The van der Waals surface area contributed by atoms with Gasteiger partial charge in [-0.05, 0) is 25.4 Å². The first-order chi connectivity index (χ1) is 6.08. The van der Waals surface area contributed by atoms with Crippen LogP contribution in [0.25, 0.3) is 0 Å². The molecule has 0 amide bonds. The standard InChI is InChI=1S/C8H14N2O2S/c1-8(7(11)12)5-6(9-10-8)3-4-13-2/h6H,3-5H2,1-2H3,(H,11,12). The molecule has 1 rings (SSSR count). The van der Waals surface area contributed by atoms with E-state index in [-0.39, 0.29) is 6.04 Å². The number of carbonyl (C=O) groups is 1. The zero-order chi connectivity index (χ0) is 9.90. The van der Waals surface area contributed by atoms with E-state index in [1.807, 2.05) is 6.26 Å². The number of carboxylic acid groups (broad SMARTS) is 1. The molecular weight excluding hydrogens is 188 g/mol. The van der Waals surface area contributed by atoms with Crippen LogP contribution in [0.15, 0.2) is 10.2 Å². The summed E-state index contributed by atoms with van der Waals surface area (Å²) in [6.45, 7) is 1.62. The molecule has 1 aliphatic heterocycles. The molecule has 0 radical (unpaired) electrons. The lowest BCUT2D eigenvalue weighted by Gasteiger charge is -2.13. The minimum Gasteiger partial charge on any atom is -0.479 e. The van der Waals surface area contributed by atoms with E-state index in [2.05, 4.69) is 10.2 Å². The van der Waals surface area contributed by atoms with Gasteiger partial charge in [-0.2, -0.15) is 22.0 Å². The molecule has 13 heavy (non-hydrogen) atoms. The Labute approximate surface area is 81.8 Å². The molecule has 0 aliphatic carbocycles. The Morgan fingerprint density at radius 3 is 2.92 bits per heavy atom. The minimum absolute atomic E-state index is 0.105. The first-order valence-electron chi connectivity index (χ1n) is 4.23. The summed E-state index contributed by atoms with van der Waals surface area (Å²) < 4.78 is 0. The smallest absolute Gasteiger partial charge is 0.333 e. The van der Waals surface area contributed by atoms with Gasteiger partial charge in [0.25, 0.3) is 0 Å². The molecule has 2 atom stereocenters. The van der Waals surface area contributed by atoms with Crippen LogP contribution in [-0.4, -0.2) is 34.7 Å². The van der Waals surface area contributed by atoms with Crippen molar-refractivity contribution in [3.8, 4) is 0 Å². The third kappa shape index (κ3) is 2.43. The SMILES string of the molecule is CSCCC1CC(C)(C(=O)O)N=N1. The van der Waals surface area contributed by atoms with Crippen LogP contribution in [0.5, 0.6) is 0 Å². The Kier molecular flexibility index (Phi) is 3.30. The quantitative estimate of drug-likeness (QED) is 0.756. The van der Waals surface area contributed by atoms with E-state index in [1.54, 1.807) is 18.7 Å². The van der Waals surface area contributed by atoms with Crippen molar-refractivity contribution in [3.05, 3.63) is 0 Å². The van der Waals surface area contributed by atoms with Gasteiger partial charge < -0.3 is 5.11 Å². The summed E-state index contributed by atoms with van der Waals surface area (Å²) in [5.74, 6) is 0.141. The molecule has 4 nitrogen and oxygen atoms in total. The van der Waals surface area contributed by atoms with E-state index in [1.165, 1.54) is 0 Å². The van der Waals surface area contributed by atoms with Crippen LogP contribution in [0.2, 0.25) is 0 Å². The number of aliphatic carboxylic acids is 1. The van der Waals surface area contributed by atoms with Crippen molar-refractivity contribution in [2.75, 3.05) is 12.0 Å². The summed E-state index contributed by atoms with van der Waals surface area (Å²) in [6.07, 6.45) is 3.50. The van der Waals surface area contributed by atoms with Crippen LogP contribution in [0, 0.1) is 0 Å². The van der Waals surface area contributed by atoms with Crippen molar-refractivity contribution in [2.45, 2.75) is 31.3 Å². The molecule has 1 heterocycles. The highest BCUT2D eigenvalue weighted by molar-refractivity contribution is 7.98. The monoisotopic (exact) mass is 202 g/mol. The molecular formula is C8H14N2O2S. The molecule has 0 aromatic heterocycles. The third-order valence-electron chi connectivity index (χ3n) is 2.19. The van der Waals surface area contributed by atoms with E-state index >= 15 is 0 Å². The fourth-order valence-corrected chi connectivity index (χ4v) is 1.80. The fourth-order valence-electron chi connectivity index (χ4n) is 1.29. The molecule has 0 spiro atoms. The van der Waals surface area contributed by atoms with E-state index in [0.717, 1.165) is 12.2 Å². The molecule has 74 valence electrons. The van der Waals surface area contributed by atoms with Gasteiger partial charge in [-0.15, -0.1) is 0 Å². The number of azo groups is 1. The second-order valence-corrected chi connectivity index (χ2v) is 4.42. The van der Waals surface area contributed by atoms with Gasteiger partial charge in [0.1, 0.15) is 0 Å². The Bertz CT molecular complexity index is 232. The van der Waals surface area contributed by atoms with Gasteiger partial charge in [0.15, 0.2) is 5.54 Å². The van der Waals surface area contributed by atoms with E-state index < -0.39 is 11.5 Å². The van der Waals surface area contributed by atoms with Gasteiger partial charge in [-0.1, -0.05) is 0 Å². The molecule has 0 saturated heterocycles. The van der Waals surface area contributed by atoms with Crippen LogP contribution >= 0.6 is 11.8 Å². The lowest BCUT2D eigenvalue weighted by Crippen LogP contribution is -2.32. The van der Waals surface area contributed by atoms with Crippen molar-refractivity contribution in [1.29, 1.82) is 0 Å². The summed E-state index contributed by atoms with van der Waals surface area (Å²) in [5.41, 5.74) is -0.969. The molecule has 0 aromatic carbocycles. The van der Waals surface area contributed by atoms with Gasteiger partial charge in [0.2, 0.25) is 0 Å². The summed E-state index contributed by atoms with van der Waals surface area (Å²) >= 11 is 1.75. The maximum Gasteiger partial charge on any atom is 0.333 e. The second-order valence-electron chi connectivity index (χ2n) is 3.43. The fraction of sp³-hybridized carbons (Fsp3) is 0.875. The Morgan fingerprint density at radius 2 is 2.46 bits per heavy atom. The molecule has 0 bridgehead atoms. The zero-order valence-corrected chi connectivity index (χ0v) is 8.67. The van der Waals surface area contributed by atoms with Crippen LogP contribution in [0.3, 0.4) is 0 Å². The average molecular weight is 202 g/mol. The van der Waals surface area contributed by atoms with E-state index in [4.69, 9.17) is 5.11 Å². The lowest BCUT2D eigenvalue weighted by atomic mass is 9.95. The molecule has 1 N–H and O–H groups in total. The number of carboxylic acids is 1. The first-order valence-corrected chi connectivity index (χ1v) is 5.62. The molecule has 1 aliphatic rings. The lowest BCUT2D eigenvalue weighted by molar-refractivity contribution is -0.142. The largest absolute Gasteiger partial charge is 0.479 e. The number of hydrogen-bond donors (Lipinski definition) is 1. The summed E-state index contributed by atoms with van der Waals surface area (Å²) in [6, 6.07) is 0.105. The molecule has 2 unspecified atom stereocenters. The van der Waals surface area contributed by atoms with Gasteiger partial charge in [-0.25, -0.2) is 4.79 Å². The number of nitrogens with zero attached hydrogens (tertiary/aromatic N) is 2. The van der Waals surface area contributed by atoms with Crippen LogP contribution in [0.4, 0.5) is 0 Å². The summed E-state index contributed by atoms with van der Waals surface area (Å²) in [4.78, 5) is 10.8. The summed E-state index contributed by atoms with van der Waals surface area (Å²) in [7, 11) is 0. The molecule has 5 heteroatoms. The predicted molar refractivity (Wildman–Crippen MR) is 52.3 cm³/mol. The highest BCUT2D eigenvalue weighted by Crippen LogP contribution is 2.29. The Hall–Kier alpha value is -0.580. The Morgan fingerprint density at radius 1 is 1.77 bits per heavy atom. The average Bonchev–Trinajstić information content (AvgIpc) is 2.45. The second kappa shape index (κ2) is 4.09. The van der Waals surface area contributed by atoms with E-state index in [9.17, 15) is 4.79 Å². The topological polar surface area (TPSA) is 62.0 Å². The minimum atomic E-state index is -0.969. The number of hydrogen-bond acceptors (Lipinski definition) is 4. The first kappa shape index (κ1) is 10.5.